The number of hydrogen-bond donors (Lipinski definition) is 5. The SMILES string of the molecule is NC(=O)C1C(=O)[C@@]2(O)C(=O)C3=C(O)c4c(O)ccc(-n5cccn5)c4C[C@H]3C[C@H]2CC1O. The highest BCUT2D eigenvalue weighted by molar-refractivity contribution is 6.24. The van der Waals surface area contributed by atoms with Gasteiger partial charge in [-0.2, -0.15) is 5.10 Å². The molecule has 0 spiro atoms. The summed E-state index contributed by atoms with van der Waals surface area (Å²) in [5.41, 5.74) is 3.70. The molecular formula is C22H21N3O7. The number of rotatable bonds is 2. The summed E-state index contributed by atoms with van der Waals surface area (Å²) < 4.78 is 1.57. The number of aromatic nitrogens is 2. The van der Waals surface area contributed by atoms with Crippen LogP contribution >= 0.6 is 0 Å². The van der Waals surface area contributed by atoms with Gasteiger partial charge in [0.15, 0.2) is 11.4 Å². The number of aromatic hydroxyl groups is 1. The Morgan fingerprint density at radius 2 is 1.97 bits per heavy atom. The third-order valence-corrected chi connectivity index (χ3v) is 6.99. The maximum absolute atomic E-state index is 13.4. The van der Waals surface area contributed by atoms with Crippen LogP contribution in [0.4, 0.5) is 0 Å². The van der Waals surface area contributed by atoms with Crippen molar-refractivity contribution in [3.05, 3.63) is 47.3 Å². The number of fused-ring (bicyclic) bond motifs is 3. The number of nitrogens with two attached hydrogens (primary N) is 1. The summed E-state index contributed by atoms with van der Waals surface area (Å²) >= 11 is 0. The largest absolute Gasteiger partial charge is 0.507 e. The fourth-order valence-corrected chi connectivity index (χ4v) is 5.53. The monoisotopic (exact) mass is 439 g/mol. The smallest absolute Gasteiger partial charge is 0.230 e. The average molecular weight is 439 g/mol. The molecule has 0 radical (unpaired) electrons. The zero-order valence-corrected chi connectivity index (χ0v) is 16.8. The van der Waals surface area contributed by atoms with Gasteiger partial charge in [0.1, 0.15) is 17.4 Å². The van der Waals surface area contributed by atoms with Crippen LogP contribution in [0.2, 0.25) is 0 Å². The maximum atomic E-state index is 13.4. The van der Waals surface area contributed by atoms with Crippen LogP contribution in [-0.4, -0.2) is 59.4 Å². The fraction of sp³-hybridized carbons (Fsp3) is 0.364. The van der Waals surface area contributed by atoms with Crippen molar-refractivity contribution >= 4 is 23.2 Å². The van der Waals surface area contributed by atoms with E-state index in [0.29, 0.717) is 11.3 Å². The predicted octanol–water partition coefficient (Wildman–Crippen LogP) is -0.225. The number of amides is 1. The first-order chi connectivity index (χ1) is 15.2. The molecule has 6 N–H and O–H groups in total. The molecule has 10 heteroatoms. The zero-order valence-electron chi connectivity index (χ0n) is 16.8. The van der Waals surface area contributed by atoms with Gasteiger partial charge in [-0.1, -0.05) is 0 Å². The number of hydrogen-bond acceptors (Lipinski definition) is 8. The number of carbonyl (C=O) groups excluding carboxylic acids is 3. The minimum Gasteiger partial charge on any atom is -0.507 e. The van der Waals surface area contributed by atoms with E-state index in [1.807, 2.05) is 0 Å². The normalized spacial score (nSPS) is 31.7. The Kier molecular flexibility index (Phi) is 4.30. The number of aliphatic hydroxyl groups excluding tert-OH is 2. The Bertz CT molecular complexity index is 1200. The van der Waals surface area contributed by atoms with E-state index in [0.717, 1.165) is 0 Å². The lowest BCUT2D eigenvalue weighted by Gasteiger charge is -2.48. The van der Waals surface area contributed by atoms with E-state index in [1.165, 1.54) is 6.07 Å². The number of nitrogens with zero attached hydrogens (tertiary/aromatic N) is 2. The predicted molar refractivity (Wildman–Crippen MR) is 108 cm³/mol. The van der Waals surface area contributed by atoms with Gasteiger partial charge in [-0.15, -0.1) is 0 Å². The van der Waals surface area contributed by atoms with Crippen LogP contribution in [0.25, 0.3) is 11.4 Å². The summed E-state index contributed by atoms with van der Waals surface area (Å²) in [7, 11) is 0. The Balaban J connectivity index is 1.67. The van der Waals surface area contributed by atoms with Crippen molar-refractivity contribution in [2.75, 3.05) is 0 Å². The molecule has 3 aliphatic rings. The van der Waals surface area contributed by atoms with Gasteiger partial charge in [-0.3, -0.25) is 14.4 Å². The number of benzene rings is 1. The van der Waals surface area contributed by atoms with Crippen LogP contribution in [0.3, 0.4) is 0 Å². The van der Waals surface area contributed by atoms with E-state index in [4.69, 9.17) is 5.73 Å². The topological polar surface area (TPSA) is 176 Å². The van der Waals surface area contributed by atoms with E-state index < -0.39 is 52.7 Å². The molecule has 2 fully saturated rings. The second kappa shape index (κ2) is 6.75. The van der Waals surface area contributed by atoms with E-state index in [1.54, 1.807) is 29.2 Å². The van der Waals surface area contributed by atoms with Gasteiger partial charge < -0.3 is 26.2 Å². The summed E-state index contributed by atoms with van der Waals surface area (Å²) in [4.78, 5) is 38.1. The first-order valence-corrected chi connectivity index (χ1v) is 10.2. The molecule has 5 rings (SSSR count). The molecule has 1 aromatic heterocycles. The third kappa shape index (κ3) is 2.53. The molecule has 10 nitrogen and oxygen atoms in total. The van der Waals surface area contributed by atoms with Crippen molar-refractivity contribution in [1.29, 1.82) is 0 Å². The number of primary amides is 1. The number of aliphatic hydroxyl groups is 3. The highest BCUT2D eigenvalue weighted by atomic mass is 16.3. The second-order valence-corrected chi connectivity index (χ2v) is 8.65. The Labute approximate surface area is 181 Å². The molecule has 166 valence electrons. The Morgan fingerprint density at radius 1 is 1.22 bits per heavy atom. The number of phenols is 1. The van der Waals surface area contributed by atoms with Gasteiger partial charge in [0.25, 0.3) is 0 Å². The quantitative estimate of drug-likeness (QED) is 0.399. The van der Waals surface area contributed by atoms with E-state index in [2.05, 4.69) is 5.10 Å². The molecule has 3 aliphatic carbocycles. The van der Waals surface area contributed by atoms with Crippen molar-refractivity contribution in [3.8, 4) is 11.4 Å². The molecule has 0 aliphatic heterocycles. The lowest BCUT2D eigenvalue weighted by atomic mass is 9.56. The van der Waals surface area contributed by atoms with Gasteiger partial charge in [0.2, 0.25) is 11.7 Å². The lowest BCUT2D eigenvalue weighted by Crippen LogP contribution is -2.66. The maximum Gasteiger partial charge on any atom is 0.230 e. The minimum atomic E-state index is -2.58. The van der Waals surface area contributed by atoms with Gasteiger partial charge >= 0.3 is 0 Å². The first kappa shape index (κ1) is 20.4. The molecule has 1 amide bonds. The molecule has 0 bridgehead atoms. The second-order valence-electron chi connectivity index (χ2n) is 8.65. The van der Waals surface area contributed by atoms with E-state index in [-0.39, 0.29) is 36.1 Å². The van der Waals surface area contributed by atoms with Crippen molar-refractivity contribution in [1.82, 2.24) is 9.78 Å². The Morgan fingerprint density at radius 3 is 2.62 bits per heavy atom. The number of phenolic OH excluding ortho intramolecular Hbond substituents is 1. The molecule has 1 aromatic carbocycles. The first-order valence-electron chi connectivity index (χ1n) is 10.2. The minimum absolute atomic E-state index is 0.0365. The van der Waals surface area contributed by atoms with Crippen LogP contribution in [0.5, 0.6) is 5.75 Å². The van der Waals surface area contributed by atoms with Crippen LogP contribution in [-0.2, 0) is 20.8 Å². The van der Waals surface area contributed by atoms with Gasteiger partial charge in [-0.25, -0.2) is 4.68 Å². The van der Waals surface area contributed by atoms with Crippen molar-refractivity contribution < 1.29 is 34.8 Å². The molecule has 32 heavy (non-hydrogen) atoms. The lowest BCUT2D eigenvalue weighted by molar-refractivity contribution is -0.174. The fourth-order valence-electron chi connectivity index (χ4n) is 5.53. The van der Waals surface area contributed by atoms with Crippen molar-refractivity contribution in [2.45, 2.75) is 31.0 Å². The molecule has 5 atom stereocenters. The van der Waals surface area contributed by atoms with Crippen LogP contribution in [0, 0.1) is 17.8 Å². The molecule has 1 heterocycles. The van der Waals surface area contributed by atoms with Crippen LogP contribution in [0.1, 0.15) is 24.0 Å². The standard InChI is InChI=1S/C22H21N3O7/c23-21(31)17-14(27)8-10-6-9-7-11-12(25-5-1-4-24-25)2-3-13(26)16(11)18(28)15(9)19(29)22(10,32)20(17)30/h1-5,9-10,14,17,26-28,32H,6-8H2,(H2,23,31)/t9-,10+,14?,17?,22+/m1/s1. The van der Waals surface area contributed by atoms with Crippen molar-refractivity contribution in [2.24, 2.45) is 23.5 Å². The highest BCUT2D eigenvalue weighted by Gasteiger charge is 2.63. The van der Waals surface area contributed by atoms with Crippen LogP contribution in [0.15, 0.2) is 36.2 Å². The number of Topliss-reactive ketones (excluding diaryl/α,β-unsaturated/α-hetero) is 2. The molecule has 0 saturated heterocycles. The van der Waals surface area contributed by atoms with E-state index >= 15 is 0 Å². The molecular weight excluding hydrogens is 418 g/mol. The molecule has 2 saturated carbocycles. The summed E-state index contributed by atoms with van der Waals surface area (Å²) in [6, 6.07) is 4.73. The number of carbonyl (C=O) groups is 3. The third-order valence-electron chi connectivity index (χ3n) is 6.99. The average Bonchev–Trinajstić information content (AvgIpc) is 3.25. The summed E-state index contributed by atoms with van der Waals surface area (Å²) in [5.74, 6) is -7.31. The molecule has 2 unspecified atom stereocenters. The molecule has 2 aromatic rings. The van der Waals surface area contributed by atoms with Crippen molar-refractivity contribution in [3.63, 3.8) is 0 Å². The van der Waals surface area contributed by atoms with Gasteiger partial charge in [0, 0.05) is 23.9 Å². The summed E-state index contributed by atoms with van der Waals surface area (Å²) in [5, 5.41) is 47.2. The highest BCUT2D eigenvalue weighted by Crippen LogP contribution is 2.52. The summed E-state index contributed by atoms with van der Waals surface area (Å²) in [6.45, 7) is 0. The van der Waals surface area contributed by atoms with Gasteiger partial charge in [0.05, 0.1) is 17.4 Å². The summed E-state index contributed by atoms with van der Waals surface area (Å²) in [6.07, 6.45) is 2.07. The van der Waals surface area contributed by atoms with Gasteiger partial charge in [-0.05, 0) is 48.9 Å². The zero-order chi connectivity index (χ0) is 22.9. The van der Waals surface area contributed by atoms with E-state index in [9.17, 15) is 34.8 Å². The van der Waals surface area contributed by atoms with Crippen LogP contribution < -0.4 is 5.73 Å². The Hall–Kier alpha value is -3.50. The number of ketones is 2.